The van der Waals surface area contributed by atoms with Gasteiger partial charge >= 0.3 is 5.97 Å². The number of alkyl halides is 1. The number of halogens is 1. The molecule has 3 fully saturated rings. The van der Waals surface area contributed by atoms with E-state index in [1.54, 1.807) is 12.1 Å². The molecule has 0 aromatic heterocycles. The minimum Gasteiger partial charge on any atom is -0.426 e. The predicted molar refractivity (Wildman–Crippen MR) is 108 cm³/mol. The summed E-state index contributed by atoms with van der Waals surface area (Å²) in [4.78, 5) is 13.3. The number of carbonyl (C=O) groups excluding carboxylic acids is 1. The molecule has 5 rings (SSSR count). The Morgan fingerprint density at radius 2 is 1.59 bits per heavy atom. The van der Waals surface area contributed by atoms with Gasteiger partial charge in [-0.2, -0.15) is 5.26 Å². The van der Waals surface area contributed by atoms with E-state index in [1.165, 1.54) is 0 Å². The van der Waals surface area contributed by atoms with Gasteiger partial charge in [0.05, 0.1) is 17.0 Å². The van der Waals surface area contributed by atoms with Crippen LogP contribution in [0.3, 0.4) is 0 Å². The van der Waals surface area contributed by atoms with E-state index in [2.05, 4.69) is 42.8 Å². The van der Waals surface area contributed by atoms with Crippen LogP contribution in [0.25, 0.3) is 11.1 Å². The van der Waals surface area contributed by atoms with E-state index in [0.29, 0.717) is 11.3 Å². The number of carbonyl (C=O) groups is 1. The number of esters is 1. The molecule has 138 valence electrons. The number of hydrogen-bond acceptors (Lipinski definition) is 3. The average Bonchev–Trinajstić information content (AvgIpc) is 3.09. The molecule has 0 amide bonds. The quantitative estimate of drug-likeness (QED) is 0.360. The number of nitriles is 1. The van der Waals surface area contributed by atoms with E-state index in [9.17, 15) is 4.79 Å². The van der Waals surface area contributed by atoms with Crippen LogP contribution in [-0.4, -0.2) is 10.8 Å². The highest BCUT2D eigenvalue weighted by Gasteiger charge is 2.80. The third-order valence-corrected chi connectivity index (χ3v) is 9.14. The third kappa shape index (κ3) is 2.28. The Morgan fingerprint density at radius 1 is 1.04 bits per heavy atom. The highest BCUT2D eigenvalue weighted by molar-refractivity contribution is 9.09. The first-order chi connectivity index (χ1) is 12.8. The summed E-state index contributed by atoms with van der Waals surface area (Å²) in [7, 11) is 0. The van der Waals surface area contributed by atoms with Crippen molar-refractivity contribution in [3.8, 4) is 22.9 Å². The molecule has 2 aromatic carbocycles. The summed E-state index contributed by atoms with van der Waals surface area (Å²) < 4.78 is 5.81. The fourth-order valence-electron chi connectivity index (χ4n) is 5.06. The van der Waals surface area contributed by atoms with E-state index in [0.717, 1.165) is 24.0 Å². The SMILES string of the molecule is CC12CCC(C(=O)Oc3ccc(-c4ccc(C#N)cc4)cc3)(C1Br)C2(C)C. The van der Waals surface area contributed by atoms with E-state index in [4.69, 9.17) is 10.00 Å². The van der Waals surface area contributed by atoms with Gasteiger partial charge < -0.3 is 4.74 Å². The lowest BCUT2D eigenvalue weighted by Gasteiger charge is -2.63. The topological polar surface area (TPSA) is 50.1 Å². The minimum atomic E-state index is -0.451. The van der Waals surface area contributed by atoms with Gasteiger partial charge in [0.25, 0.3) is 0 Å². The summed E-state index contributed by atoms with van der Waals surface area (Å²) in [5.41, 5.74) is 2.30. The molecule has 2 bridgehead atoms. The Labute approximate surface area is 168 Å². The first-order valence-corrected chi connectivity index (χ1v) is 10.1. The fourth-order valence-corrected chi connectivity index (χ4v) is 6.85. The molecule has 0 aliphatic heterocycles. The Morgan fingerprint density at radius 3 is 2.04 bits per heavy atom. The monoisotopic (exact) mass is 423 g/mol. The number of fused-ring (bicyclic) bond motifs is 1. The van der Waals surface area contributed by atoms with Crippen molar-refractivity contribution in [2.24, 2.45) is 16.2 Å². The first kappa shape index (κ1) is 18.3. The van der Waals surface area contributed by atoms with Gasteiger partial charge in [-0.25, -0.2) is 0 Å². The van der Waals surface area contributed by atoms with Gasteiger partial charge in [0.2, 0.25) is 0 Å². The number of ether oxygens (including phenoxy) is 1. The summed E-state index contributed by atoms with van der Waals surface area (Å²) >= 11 is 3.79. The summed E-state index contributed by atoms with van der Waals surface area (Å²) in [6, 6.07) is 17.1. The predicted octanol–water partition coefficient (Wildman–Crippen LogP) is 5.72. The van der Waals surface area contributed by atoms with Crippen LogP contribution in [-0.2, 0) is 4.79 Å². The number of nitrogens with zero attached hydrogens (tertiary/aromatic N) is 1. The van der Waals surface area contributed by atoms with Crippen molar-refractivity contribution in [3.63, 3.8) is 0 Å². The van der Waals surface area contributed by atoms with Crippen molar-refractivity contribution in [2.75, 3.05) is 0 Å². The fraction of sp³-hybridized carbons (Fsp3) is 0.391. The maximum absolute atomic E-state index is 13.1. The van der Waals surface area contributed by atoms with Crippen LogP contribution in [0, 0.1) is 27.6 Å². The second-order valence-electron chi connectivity index (χ2n) is 8.48. The Kier molecular flexibility index (Phi) is 4.01. The smallest absolute Gasteiger partial charge is 0.319 e. The number of rotatable bonds is 3. The van der Waals surface area contributed by atoms with Gasteiger partial charge in [0.1, 0.15) is 5.75 Å². The van der Waals surface area contributed by atoms with Crippen LogP contribution in [0.1, 0.15) is 39.2 Å². The lowest BCUT2D eigenvalue weighted by molar-refractivity contribution is -0.176. The minimum absolute atomic E-state index is 0.0757. The Bertz CT molecular complexity index is 942. The largest absolute Gasteiger partial charge is 0.426 e. The van der Waals surface area contributed by atoms with Gasteiger partial charge in [-0.3, -0.25) is 4.79 Å². The second kappa shape index (κ2) is 5.94. The third-order valence-electron chi connectivity index (χ3n) is 7.35. The van der Waals surface area contributed by atoms with Crippen molar-refractivity contribution in [3.05, 3.63) is 54.1 Å². The van der Waals surface area contributed by atoms with E-state index >= 15 is 0 Å². The zero-order valence-electron chi connectivity index (χ0n) is 15.8. The molecule has 0 spiro atoms. The van der Waals surface area contributed by atoms with Crippen molar-refractivity contribution in [2.45, 2.75) is 38.4 Å². The summed E-state index contributed by atoms with van der Waals surface area (Å²) in [5, 5.41) is 8.90. The number of hydrogen-bond donors (Lipinski definition) is 0. The van der Waals surface area contributed by atoms with Crippen LogP contribution < -0.4 is 4.74 Å². The lowest BCUT2D eigenvalue weighted by atomic mass is 9.43. The molecule has 0 saturated heterocycles. The van der Waals surface area contributed by atoms with E-state index < -0.39 is 5.41 Å². The van der Waals surface area contributed by atoms with Gasteiger partial charge in [0, 0.05) is 4.83 Å². The highest BCUT2D eigenvalue weighted by atomic mass is 79.9. The highest BCUT2D eigenvalue weighted by Crippen LogP contribution is 2.80. The molecule has 3 saturated carbocycles. The van der Waals surface area contributed by atoms with Crippen LogP contribution >= 0.6 is 15.9 Å². The molecule has 0 N–H and O–H groups in total. The molecular weight excluding hydrogens is 402 g/mol. The molecule has 4 heteroatoms. The average molecular weight is 424 g/mol. The Balaban J connectivity index is 1.52. The zero-order chi connectivity index (χ0) is 19.4. The van der Waals surface area contributed by atoms with Gasteiger partial charge in [-0.1, -0.05) is 61.0 Å². The molecule has 3 unspecified atom stereocenters. The normalized spacial score (nSPS) is 30.3. The van der Waals surface area contributed by atoms with E-state index in [-0.39, 0.29) is 21.6 Å². The van der Waals surface area contributed by atoms with Crippen LogP contribution in [0.4, 0.5) is 0 Å². The molecule has 3 aliphatic carbocycles. The maximum Gasteiger partial charge on any atom is 0.319 e. The molecular formula is C23H22BrNO2. The number of benzene rings is 2. The van der Waals surface area contributed by atoms with E-state index in [1.807, 2.05) is 36.4 Å². The van der Waals surface area contributed by atoms with Crippen molar-refractivity contribution < 1.29 is 9.53 Å². The van der Waals surface area contributed by atoms with Crippen LogP contribution in [0.15, 0.2) is 48.5 Å². The Hall–Kier alpha value is -2.12. The molecule has 3 nitrogen and oxygen atoms in total. The molecule has 3 atom stereocenters. The molecule has 0 heterocycles. The van der Waals surface area contributed by atoms with Crippen molar-refractivity contribution >= 4 is 21.9 Å². The van der Waals surface area contributed by atoms with Crippen LogP contribution in [0.5, 0.6) is 5.75 Å². The van der Waals surface area contributed by atoms with Crippen LogP contribution in [0.2, 0.25) is 0 Å². The molecule has 27 heavy (non-hydrogen) atoms. The standard InChI is InChI=1S/C23H22BrNO2/c1-21(2)22(3)12-13-23(21,19(22)24)20(26)27-18-10-8-17(9-11-18)16-6-4-15(14-25)5-7-16/h4-11,19H,12-13H2,1-3H3. The lowest BCUT2D eigenvalue weighted by Crippen LogP contribution is -2.68. The second-order valence-corrected chi connectivity index (χ2v) is 9.40. The molecule has 3 aliphatic rings. The molecule has 0 radical (unpaired) electrons. The van der Waals surface area contributed by atoms with Gasteiger partial charge in [-0.15, -0.1) is 0 Å². The van der Waals surface area contributed by atoms with Gasteiger partial charge in [-0.05, 0) is 59.1 Å². The summed E-state index contributed by atoms with van der Waals surface area (Å²) in [6.07, 6.45) is 1.91. The zero-order valence-corrected chi connectivity index (χ0v) is 17.3. The van der Waals surface area contributed by atoms with Crippen molar-refractivity contribution in [1.29, 1.82) is 5.26 Å². The molecule has 2 aromatic rings. The first-order valence-electron chi connectivity index (χ1n) is 9.23. The maximum atomic E-state index is 13.1. The summed E-state index contributed by atoms with van der Waals surface area (Å²) in [6.45, 7) is 6.64. The van der Waals surface area contributed by atoms with Gasteiger partial charge in [0.15, 0.2) is 0 Å². The summed E-state index contributed by atoms with van der Waals surface area (Å²) in [5.74, 6) is 0.443. The van der Waals surface area contributed by atoms with Crippen molar-refractivity contribution in [1.82, 2.24) is 0 Å².